The number of carbonyl (C=O) groups is 2. The van der Waals surface area contributed by atoms with Crippen molar-refractivity contribution in [1.29, 1.82) is 0 Å². The fourth-order valence-electron chi connectivity index (χ4n) is 3.89. The largest absolute Gasteiger partial charge is 0.483 e. The Balaban J connectivity index is 1.75. The van der Waals surface area contributed by atoms with Gasteiger partial charge in [0.25, 0.3) is 5.91 Å². The first-order valence-electron chi connectivity index (χ1n) is 10.9. The Kier molecular flexibility index (Phi) is 7.97. The lowest BCUT2D eigenvalue weighted by Gasteiger charge is -2.30. The smallest absolute Gasteiger partial charge is 0.261 e. The Morgan fingerprint density at radius 3 is 2.55 bits per heavy atom. The summed E-state index contributed by atoms with van der Waals surface area (Å²) >= 11 is 6.34. The summed E-state index contributed by atoms with van der Waals surface area (Å²) in [7, 11) is 0. The first kappa shape index (κ1) is 23.1. The van der Waals surface area contributed by atoms with Crippen LogP contribution in [0.4, 0.5) is 0 Å². The van der Waals surface area contributed by atoms with Crippen LogP contribution in [-0.4, -0.2) is 35.4 Å². The topological polar surface area (TPSA) is 58.6 Å². The fraction of sp³-hybridized carbons (Fsp3) is 0.440. The molecule has 1 aliphatic rings. The van der Waals surface area contributed by atoms with Crippen LogP contribution in [0.15, 0.2) is 42.5 Å². The van der Waals surface area contributed by atoms with Crippen molar-refractivity contribution in [3.05, 3.63) is 64.2 Å². The van der Waals surface area contributed by atoms with E-state index in [1.165, 1.54) is 0 Å². The number of hydrogen-bond acceptors (Lipinski definition) is 3. The molecule has 0 heterocycles. The van der Waals surface area contributed by atoms with Gasteiger partial charge in [-0.3, -0.25) is 9.59 Å². The van der Waals surface area contributed by atoms with Crippen molar-refractivity contribution < 1.29 is 14.3 Å². The van der Waals surface area contributed by atoms with E-state index in [9.17, 15) is 9.59 Å². The van der Waals surface area contributed by atoms with E-state index in [0.717, 1.165) is 42.4 Å². The van der Waals surface area contributed by atoms with Gasteiger partial charge in [0, 0.05) is 17.6 Å². The monoisotopic (exact) mass is 442 g/mol. The van der Waals surface area contributed by atoms with Crippen molar-refractivity contribution in [2.45, 2.75) is 65.1 Å². The van der Waals surface area contributed by atoms with Crippen LogP contribution in [0.25, 0.3) is 0 Å². The Labute approximate surface area is 189 Å². The summed E-state index contributed by atoms with van der Waals surface area (Å²) in [5.41, 5.74) is 2.90. The Bertz CT molecular complexity index is 925. The number of nitrogens with zero attached hydrogens (tertiary/aromatic N) is 1. The maximum Gasteiger partial charge on any atom is 0.261 e. The first-order valence-corrected chi connectivity index (χ1v) is 11.3. The minimum Gasteiger partial charge on any atom is -0.483 e. The summed E-state index contributed by atoms with van der Waals surface area (Å²) in [5.74, 6) is 0.281. The third-order valence-corrected chi connectivity index (χ3v) is 6.44. The van der Waals surface area contributed by atoms with Gasteiger partial charge in [-0.1, -0.05) is 54.8 Å². The molecule has 31 heavy (non-hydrogen) atoms. The summed E-state index contributed by atoms with van der Waals surface area (Å²) in [6, 6.07) is 12.7. The molecule has 0 aliphatic heterocycles. The molecule has 0 bridgehead atoms. The molecule has 0 radical (unpaired) electrons. The second kappa shape index (κ2) is 10.7. The predicted molar refractivity (Wildman–Crippen MR) is 123 cm³/mol. The summed E-state index contributed by atoms with van der Waals surface area (Å²) < 4.78 is 5.84. The third kappa shape index (κ3) is 6.01. The molecule has 1 atom stereocenters. The van der Waals surface area contributed by atoms with Crippen LogP contribution in [0.5, 0.6) is 5.75 Å². The number of ether oxygens (including phenoxy) is 1. The molecule has 2 aromatic rings. The van der Waals surface area contributed by atoms with E-state index in [2.05, 4.69) is 5.32 Å². The van der Waals surface area contributed by atoms with Crippen LogP contribution < -0.4 is 10.1 Å². The second-order valence-electron chi connectivity index (χ2n) is 8.27. The van der Waals surface area contributed by atoms with Crippen LogP contribution >= 0.6 is 11.6 Å². The maximum absolute atomic E-state index is 13.2. The Morgan fingerprint density at radius 2 is 1.84 bits per heavy atom. The molecule has 1 saturated carbocycles. The number of benzene rings is 2. The molecule has 2 aromatic carbocycles. The highest BCUT2D eigenvalue weighted by atomic mass is 35.5. The highest BCUT2D eigenvalue weighted by Gasteiger charge is 2.29. The van der Waals surface area contributed by atoms with E-state index in [1.807, 2.05) is 50.2 Å². The molecule has 0 aromatic heterocycles. The molecule has 0 unspecified atom stereocenters. The van der Waals surface area contributed by atoms with Gasteiger partial charge in [-0.2, -0.15) is 0 Å². The molecule has 1 aliphatic carbocycles. The van der Waals surface area contributed by atoms with Gasteiger partial charge in [0.05, 0.1) is 0 Å². The van der Waals surface area contributed by atoms with Crippen molar-refractivity contribution in [3.8, 4) is 5.75 Å². The standard InChI is InChI=1S/C25H31ClN2O3/c1-17-9-8-14-23(18(17)2)31-16-24(29)28(15-20-10-4-7-13-22(20)26)19(3)25(30)27-21-11-5-6-12-21/h4,7-10,13-14,19,21H,5-6,11-12,15-16H2,1-3H3,(H,27,30)/t19-/m1/s1. The second-order valence-corrected chi connectivity index (χ2v) is 8.67. The number of carbonyl (C=O) groups excluding carboxylic acids is 2. The Hall–Kier alpha value is -2.53. The number of hydrogen-bond donors (Lipinski definition) is 1. The maximum atomic E-state index is 13.2. The van der Waals surface area contributed by atoms with Crippen molar-refractivity contribution in [2.24, 2.45) is 0 Å². The van der Waals surface area contributed by atoms with E-state index in [1.54, 1.807) is 17.9 Å². The van der Waals surface area contributed by atoms with Crippen LogP contribution in [0.2, 0.25) is 5.02 Å². The molecule has 166 valence electrons. The first-order chi connectivity index (χ1) is 14.9. The number of rotatable bonds is 8. The van der Waals surface area contributed by atoms with Crippen LogP contribution in [-0.2, 0) is 16.1 Å². The highest BCUT2D eigenvalue weighted by molar-refractivity contribution is 6.31. The number of nitrogens with one attached hydrogen (secondary N) is 1. The van der Waals surface area contributed by atoms with Crippen LogP contribution in [0.1, 0.15) is 49.3 Å². The zero-order valence-electron chi connectivity index (χ0n) is 18.5. The third-order valence-electron chi connectivity index (χ3n) is 6.07. The summed E-state index contributed by atoms with van der Waals surface area (Å²) in [6.45, 7) is 5.83. The molecule has 6 heteroatoms. The van der Waals surface area contributed by atoms with Gasteiger partial charge in [-0.15, -0.1) is 0 Å². The van der Waals surface area contributed by atoms with Gasteiger partial charge in [0.1, 0.15) is 11.8 Å². The SMILES string of the molecule is Cc1cccc(OCC(=O)N(Cc2ccccc2Cl)[C@H](C)C(=O)NC2CCCC2)c1C. The van der Waals surface area contributed by atoms with Gasteiger partial charge in [-0.25, -0.2) is 0 Å². The van der Waals surface area contributed by atoms with Crippen LogP contribution in [0.3, 0.4) is 0 Å². The zero-order chi connectivity index (χ0) is 22.4. The van der Waals surface area contributed by atoms with Gasteiger partial charge < -0.3 is 15.0 Å². The lowest BCUT2D eigenvalue weighted by Crippen LogP contribution is -2.50. The molecular formula is C25H31ClN2O3. The quantitative estimate of drug-likeness (QED) is 0.638. The predicted octanol–water partition coefficient (Wildman–Crippen LogP) is 4.81. The van der Waals surface area contributed by atoms with Crippen molar-refractivity contribution in [2.75, 3.05) is 6.61 Å². The summed E-state index contributed by atoms with van der Waals surface area (Å²) in [6.07, 6.45) is 4.25. The minimum absolute atomic E-state index is 0.140. The Morgan fingerprint density at radius 1 is 1.13 bits per heavy atom. The molecule has 2 amide bonds. The molecule has 5 nitrogen and oxygen atoms in total. The van der Waals surface area contributed by atoms with Crippen molar-refractivity contribution >= 4 is 23.4 Å². The molecule has 0 spiro atoms. The fourth-order valence-corrected chi connectivity index (χ4v) is 4.08. The molecule has 3 rings (SSSR count). The van der Waals surface area contributed by atoms with Crippen molar-refractivity contribution in [1.82, 2.24) is 10.2 Å². The number of aryl methyl sites for hydroxylation is 1. The molecule has 0 saturated heterocycles. The van der Waals surface area contributed by atoms with Gasteiger partial charge in [0.15, 0.2) is 6.61 Å². The zero-order valence-corrected chi connectivity index (χ0v) is 19.2. The van der Waals surface area contributed by atoms with E-state index >= 15 is 0 Å². The van der Waals surface area contributed by atoms with E-state index in [-0.39, 0.29) is 31.0 Å². The average Bonchev–Trinajstić information content (AvgIpc) is 3.26. The van der Waals surface area contributed by atoms with E-state index < -0.39 is 6.04 Å². The molecular weight excluding hydrogens is 412 g/mol. The lowest BCUT2D eigenvalue weighted by atomic mass is 10.1. The molecule has 1 N–H and O–H groups in total. The number of halogens is 1. The van der Waals surface area contributed by atoms with E-state index in [4.69, 9.17) is 16.3 Å². The molecule has 1 fully saturated rings. The van der Waals surface area contributed by atoms with Crippen LogP contribution in [0, 0.1) is 13.8 Å². The minimum atomic E-state index is -0.633. The lowest BCUT2D eigenvalue weighted by molar-refractivity contribution is -0.142. The number of amides is 2. The normalized spacial score (nSPS) is 14.8. The van der Waals surface area contributed by atoms with Gasteiger partial charge in [0.2, 0.25) is 5.91 Å². The summed E-state index contributed by atoms with van der Waals surface area (Å²) in [4.78, 5) is 27.7. The highest BCUT2D eigenvalue weighted by Crippen LogP contribution is 2.23. The van der Waals surface area contributed by atoms with E-state index in [0.29, 0.717) is 10.8 Å². The summed E-state index contributed by atoms with van der Waals surface area (Å²) in [5, 5.41) is 3.67. The van der Waals surface area contributed by atoms with Gasteiger partial charge >= 0.3 is 0 Å². The van der Waals surface area contributed by atoms with Gasteiger partial charge in [-0.05, 0) is 62.4 Å². The average molecular weight is 443 g/mol. The van der Waals surface area contributed by atoms with Crippen molar-refractivity contribution in [3.63, 3.8) is 0 Å².